The maximum absolute atomic E-state index is 13.7. The van der Waals surface area contributed by atoms with Gasteiger partial charge in [-0.15, -0.1) is 0 Å². The van der Waals surface area contributed by atoms with Crippen LogP contribution in [0.4, 0.5) is 87.8 Å². The molecule has 0 atom stereocenters. The van der Waals surface area contributed by atoms with Gasteiger partial charge < -0.3 is 0 Å². The van der Waals surface area contributed by atoms with E-state index in [1.165, 1.54) is 0 Å². The Morgan fingerprint density at radius 3 is 0.848 bits per heavy atom. The van der Waals surface area contributed by atoms with Crippen LogP contribution in [0, 0.1) is 0 Å². The summed E-state index contributed by atoms with van der Waals surface area (Å²) in [5.41, 5.74) is -7.12. The molecule has 0 aromatic heterocycles. The highest BCUT2D eigenvalue weighted by Gasteiger charge is 2.91. The van der Waals surface area contributed by atoms with Gasteiger partial charge in [-0.3, -0.25) is 0 Å². The normalized spacial score (nSPS) is 17.3. The van der Waals surface area contributed by atoms with Gasteiger partial charge in [0.15, 0.2) is 0 Å². The summed E-state index contributed by atoms with van der Waals surface area (Å²) < 4.78 is 249. The van der Waals surface area contributed by atoms with Crippen molar-refractivity contribution in [1.82, 2.24) is 0 Å². The average molecular weight is 672 g/mol. The predicted octanol–water partition coefficient (Wildman–Crippen LogP) is 8.56. The molecule has 0 bridgehead atoms. The molecule has 0 spiro atoms. The first kappa shape index (κ1) is 32.3. The monoisotopic (exact) mass is 670 g/mol. The van der Waals surface area contributed by atoms with E-state index in [4.69, 9.17) is 0 Å². The summed E-state index contributed by atoms with van der Waals surface area (Å²) in [6, 6.07) is 0. The molecule has 0 radical (unpaired) electrons. The fraction of sp³-hybridized carbons (Fsp3) is 0.818. The van der Waals surface area contributed by atoms with Crippen molar-refractivity contribution in [2.45, 2.75) is 53.8 Å². The van der Waals surface area contributed by atoms with E-state index >= 15 is 0 Å². The van der Waals surface area contributed by atoms with Crippen molar-refractivity contribution >= 4 is 31.9 Å². The molecule has 0 rings (SSSR count). The van der Waals surface area contributed by atoms with E-state index < -0.39 is 62.8 Å². The van der Waals surface area contributed by atoms with Crippen LogP contribution in [0.5, 0.6) is 0 Å². The number of hydrogen-bond donors (Lipinski definition) is 0. The molecule has 0 N–H and O–H groups in total. The molecule has 0 saturated carbocycles. The third kappa shape index (κ3) is 4.38. The van der Waals surface area contributed by atoms with E-state index in [2.05, 4.69) is 0 Å². The van der Waals surface area contributed by atoms with Gasteiger partial charge in [0.1, 0.15) is 0 Å². The molecule has 0 unspecified atom stereocenters. The molecule has 0 aliphatic carbocycles. The number of alkyl halides is 20. The molecule has 0 heterocycles. The third-order valence-electron chi connectivity index (χ3n) is 3.49. The van der Waals surface area contributed by atoms with Crippen molar-refractivity contribution in [3.05, 3.63) is 8.96 Å². The SMILES string of the molecule is FC(F)(F)C(F)(F)C(F)(F)C(F)(F)C(F)(F)C(F)(F)C(Br)=C(Br)C(F)(C(F)(F)F)C(F)(F)F. The second kappa shape index (κ2) is 8.17. The van der Waals surface area contributed by atoms with Gasteiger partial charge >= 0.3 is 53.8 Å². The first-order chi connectivity index (χ1) is 13.8. The van der Waals surface area contributed by atoms with Crippen molar-refractivity contribution in [1.29, 1.82) is 0 Å². The summed E-state index contributed by atoms with van der Waals surface area (Å²) in [6.45, 7) is 0. The fourth-order valence-electron chi connectivity index (χ4n) is 1.61. The van der Waals surface area contributed by atoms with Gasteiger partial charge in [0.2, 0.25) is 0 Å². The third-order valence-corrected chi connectivity index (χ3v) is 5.85. The lowest BCUT2D eigenvalue weighted by Crippen LogP contribution is -2.70. The van der Waals surface area contributed by atoms with E-state index in [1.807, 2.05) is 0 Å². The van der Waals surface area contributed by atoms with Crippen LogP contribution in [-0.4, -0.2) is 53.8 Å². The largest absolute Gasteiger partial charge is 0.460 e. The number of halogens is 22. The Hall–Kier alpha value is -0.700. The van der Waals surface area contributed by atoms with E-state index in [9.17, 15) is 87.8 Å². The van der Waals surface area contributed by atoms with E-state index in [0.29, 0.717) is 0 Å². The molecule has 198 valence electrons. The average Bonchev–Trinajstić information content (AvgIpc) is 2.55. The lowest BCUT2D eigenvalue weighted by Gasteiger charge is -2.40. The molecular formula is C11Br2F20. The van der Waals surface area contributed by atoms with Crippen LogP contribution in [0.25, 0.3) is 0 Å². The Bertz CT molecular complexity index is 750. The zero-order valence-electron chi connectivity index (χ0n) is 13.8. The first-order valence-electron chi connectivity index (χ1n) is 6.66. The molecule has 0 aliphatic rings. The van der Waals surface area contributed by atoms with Crippen molar-refractivity contribution < 1.29 is 87.8 Å². The van der Waals surface area contributed by atoms with Gasteiger partial charge in [-0.25, -0.2) is 4.39 Å². The first-order valence-corrected chi connectivity index (χ1v) is 8.24. The number of rotatable bonds is 6. The van der Waals surface area contributed by atoms with Crippen molar-refractivity contribution in [2.24, 2.45) is 0 Å². The molecule has 0 aromatic rings. The van der Waals surface area contributed by atoms with Gasteiger partial charge in [0, 0.05) is 0 Å². The standard InChI is InChI=1S/C11Br2F20/c12-1(3(14,9(25,26)27)10(28,29)30)2(13)4(15,16)5(17,18)6(19,20)7(21,22)8(23,24)11(31,32)33. The lowest BCUT2D eigenvalue weighted by atomic mass is 9.92. The quantitative estimate of drug-likeness (QED) is 0.248. The summed E-state index contributed by atoms with van der Waals surface area (Å²) >= 11 is 1.54. The summed E-state index contributed by atoms with van der Waals surface area (Å²) in [5, 5.41) is 0. The fourth-order valence-corrected chi connectivity index (χ4v) is 2.83. The molecule has 0 amide bonds. The minimum absolute atomic E-state index is 0.745. The smallest absolute Gasteiger partial charge is 0.218 e. The number of hydrogen-bond acceptors (Lipinski definition) is 0. The van der Waals surface area contributed by atoms with Gasteiger partial charge in [0.25, 0.3) is 0 Å². The Balaban J connectivity index is 7.16. The van der Waals surface area contributed by atoms with E-state index in [-0.39, 0.29) is 0 Å². The summed E-state index contributed by atoms with van der Waals surface area (Å²) in [6.07, 6.45) is -22.6. The molecule has 22 heteroatoms. The summed E-state index contributed by atoms with van der Waals surface area (Å²) in [7, 11) is 0. The molecule has 0 saturated heterocycles. The Labute approximate surface area is 183 Å². The predicted molar refractivity (Wildman–Crippen MR) is 71.6 cm³/mol. The topological polar surface area (TPSA) is 0 Å². The minimum atomic E-state index is -8.54. The molecule has 33 heavy (non-hydrogen) atoms. The lowest BCUT2D eigenvalue weighted by molar-refractivity contribution is -0.436. The summed E-state index contributed by atoms with van der Waals surface area (Å²) in [5.74, 6) is -41.1. The van der Waals surface area contributed by atoms with Crippen LogP contribution < -0.4 is 0 Å². The maximum atomic E-state index is 13.7. The Morgan fingerprint density at radius 1 is 0.333 bits per heavy atom. The molecule has 0 aliphatic heterocycles. The molecule has 0 nitrogen and oxygen atoms in total. The van der Waals surface area contributed by atoms with Crippen LogP contribution in [-0.2, 0) is 0 Å². The zero-order valence-corrected chi connectivity index (χ0v) is 17.0. The van der Waals surface area contributed by atoms with E-state index in [0.717, 1.165) is 31.9 Å². The highest BCUT2D eigenvalue weighted by molar-refractivity contribution is 9.14. The van der Waals surface area contributed by atoms with Gasteiger partial charge in [-0.05, 0) is 15.9 Å². The van der Waals surface area contributed by atoms with Crippen molar-refractivity contribution in [3.63, 3.8) is 0 Å². The second-order valence-corrected chi connectivity index (χ2v) is 7.24. The van der Waals surface area contributed by atoms with Crippen molar-refractivity contribution in [2.75, 3.05) is 0 Å². The second-order valence-electron chi connectivity index (χ2n) is 5.65. The highest BCUT2D eigenvalue weighted by Crippen LogP contribution is 2.63. The minimum Gasteiger partial charge on any atom is -0.218 e. The van der Waals surface area contributed by atoms with Crippen LogP contribution in [0.2, 0.25) is 0 Å². The van der Waals surface area contributed by atoms with Crippen molar-refractivity contribution in [3.8, 4) is 0 Å². The molecule has 0 aromatic carbocycles. The Morgan fingerprint density at radius 2 is 0.606 bits per heavy atom. The number of allylic oxidation sites excluding steroid dienone is 2. The van der Waals surface area contributed by atoms with E-state index in [1.54, 1.807) is 0 Å². The van der Waals surface area contributed by atoms with Gasteiger partial charge in [0.05, 0.1) is 8.96 Å². The Kier molecular flexibility index (Phi) is 8.00. The maximum Gasteiger partial charge on any atom is 0.460 e. The summed E-state index contributed by atoms with van der Waals surface area (Å²) in [4.78, 5) is 0. The molecule has 0 fully saturated rings. The van der Waals surface area contributed by atoms with Crippen LogP contribution in [0.1, 0.15) is 0 Å². The van der Waals surface area contributed by atoms with Gasteiger partial charge in [-0.2, -0.15) is 83.4 Å². The molecular weight excluding hydrogens is 672 g/mol. The van der Waals surface area contributed by atoms with Crippen LogP contribution in [0.15, 0.2) is 8.96 Å². The van der Waals surface area contributed by atoms with Crippen LogP contribution >= 0.6 is 31.9 Å². The zero-order chi connectivity index (χ0) is 27.7. The van der Waals surface area contributed by atoms with Crippen LogP contribution in [0.3, 0.4) is 0 Å². The van der Waals surface area contributed by atoms with Gasteiger partial charge in [-0.1, -0.05) is 15.9 Å². The highest BCUT2D eigenvalue weighted by atomic mass is 79.9.